The molecule has 1 N–H and O–H groups in total. The van der Waals surface area contributed by atoms with Gasteiger partial charge in [0.05, 0.1) is 7.11 Å². The van der Waals surface area contributed by atoms with Crippen molar-refractivity contribution < 1.29 is 14.3 Å². The molecule has 2 unspecified atom stereocenters. The number of likely N-dealkylation sites (N-methyl/N-ethyl adjacent to an activating group) is 1. The number of ether oxygens (including phenoxy) is 2. The molecule has 0 saturated carbocycles. The minimum absolute atomic E-state index is 0. The highest BCUT2D eigenvalue weighted by Crippen LogP contribution is 2.30. The fourth-order valence-corrected chi connectivity index (χ4v) is 3.89. The summed E-state index contributed by atoms with van der Waals surface area (Å²) in [4.78, 5) is 14.4. The lowest BCUT2D eigenvalue weighted by Crippen LogP contribution is -2.49. The van der Waals surface area contributed by atoms with Crippen molar-refractivity contribution in [2.24, 2.45) is 0 Å². The van der Waals surface area contributed by atoms with E-state index < -0.39 is 0 Å². The number of hydrogen-bond acceptors (Lipinski definition) is 4. The van der Waals surface area contributed by atoms with Crippen LogP contribution in [-0.4, -0.2) is 49.7 Å². The smallest absolute Gasteiger partial charge is 0.260 e. The average molecular weight is 381 g/mol. The summed E-state index contributed by atoms with van der Waals surface area (Å²) in [7, 11) is 3.51. The Kier molecular flexibility index (Phi) is 7.35. The molecule has 2 bridgehead atoms. The molecule has 2 heterocycles. The van der Waals surface area contributed by atoms with E-state index >= 15 is 0 Å². The number of carbonyl (C=O) groups is 1. The number of piperidine rings is 1. The first-order valence-electron chi connectivity index (χ1n) is 9.06. The molecule has 2 atom stereocenters. The van der Waals surface area contributed by atoms with Crippen LogP contribution in [-0.2, 0) is 4.79 Å². The summed E-state index contributed by atoms with van der Waals surface area (Å²) >= 11 is 0. The van der Waals surface area contributed by atoms with Gasteiger partial charge in [-0.25, -0.2) is 0 Å². The number of fused-ring (bicyclic) bond motifs is 2. The number of rotatable bonds is 6. The Bertz CT molecular complexity index is 638. The monoisotopic (exact) mass is 380 g/mol. The predicted molar refractivity (Wildman–Crippen MR) is 106 cm³/mol. The second kappa shape index (κ2) is 9.28. The molecule has 3 rings (SSSR count). The number of nitrogens with one attached hydrogen (secondary N) is 1. The van der Waals surface area contributed by atoms with Crippen molar-refractivity contribution >= 4 is 24.4 Å². The quantitative estimate of drug-likeness (QED) is 0.822. The van der Waals surface area contributed by atoms with Gasteiger partial charge in [0.2, 0.25) is 0 Å². The third-order valence-electron chi connectivity index (χ3n) is 5.29. The van der Waals surface area contributed by atoms with Crippen molar-refractivity contribution in [3.63, 3.8) is 0 Å². The summed E-state index contributed by atoms with van der Waals surface area (Å²) in [6.07, 6.45) is 8.52. The molecule has 2 fully saturated rings. The van der Waals surface area contributed by atoms with Crippen LogP contribution in [0.25, 0.3) is 6.08 Å². The van der Waals surface area contributed by atoms with E-state index in [2.05, 4.69) is 5.32 Å². The number of allylic oxidation sites excluding steroid dienone is 1. The van der Waals surface area contributed by atoms with Crippen LogP contribution in [0.5, 0.6) is 11.5 Å². The van der Waals surface area contributed by atoms with E-state index in [0.717, 1.165) is 18.4 Å². The highest BCUT2D eigenvalue weighted by atomic mass is 35.5. The minimum Gasteiger partial charge on any atom is -0.493 e. The summed E-state index contributed by atoms with van der Waals surface area (Å²) in [5, 5.41) is 3.61. The molecule has 1 aromatic rings. The summed E-state index contributed by atoms with van der Waals surface area (Å²) in [6.45, 7) is 2.01. The topological polar surface area (TPSA) is 50.8 Å². The first-order chi connectivity index (χ1) is 12.1. The van der Waals surface area contributed by atoms with Crippen molar-refractivity contribution in [1.29, 1.82) is 0 Å². The van der Waals surface area contributed by atoms with Crippen LogP contribution < -0.4 is 14.8 Å². The zero-order chi connectivity index (χ0) is 17.8. The molecule has 0 aliphatic carbocycles. The number of methoxy groups -OCH3 is 1. The van der Waals surface area contributed by atoms with E-state index in [-0.39, 0.29) is 24.9 Å². The van der Waals surface area contributed by atoms with Gasteiger partial charge in [0, 0.05) is 25.2 Å². The third-order valence-corrected chi connectivity index (χ3v) is 5.29. The van der Waals surface area contributed by atoms with Crippen LogP contribution in [0.1, 0.15) is 38.2 Å². The summed E-state index contributed by atoms with van der Waals surface area (Å²) in [5.74, 6) is 1.26. The maximum atomic E-state index is 12.5. The zero-order valence-electron chi connectivity index (χ0n) is 15.7. The highest BCUT2D eigenvalue weighted by Gasteiger charge is 2.36. The van der Waals surface area contributed by atoms with E-state index in [0.29, 0.717) is 29.6 Å². The fraction of sp³-hybridized carbons (Fsp3) is 0.550. The van der Waals surface area contributed by atoms with Gasteiger partial charge in [-0.05, 0) is 50.3 Å². The van der Waals surface area contributed by atoms with Crippen molar-refractivity contribution in [2.75, 3.05) is 20.8 Å². The molecule has 5 nitrogen and oxygen atoms in total. The zero-order valence-corrected chi connectivity index (χ0v) is 16.6. The Balaban J connectivity index is 0.00000243. The Morgan fingerprint density at radius 1 is 1.27 bits per heavy atom. The molecule has 26 heavy (non-hydrogen) atoms. The number of amides is 1. The van der Waals surface area contributed by atoms with E-state index in [4.69, 9.17) is 9.47 Å². The normalized spacial score (nSPS) is 24.2. The number of nitrogens with zero attached hydrogens (tertiary/aromatic N) is 1. The van der Waals surface area contributed by atoms with Crippen LogP contribution in [0.4, 0.5) is 0 Å². The molecular formula is C20H29ClN2O3. The first-order valence-corrected chi connectivity index (χ1v) is 9.06. The minimum atomic E-state index is 0. The van der Waals surface area contributed by atoms with Gasteiger partial charge in [0.1, 0.15) is 0 Å². The lowest BCUT2D eigenvalue weighted by atomic mass is 9.98. The van der Waals surface area contributed by atoms with Crippen molar-refractivity contribution in [3.05, 3.63) is 29.8 Å². The Labute approximate surface area is 162 Å². The van der Waals surface area contributed by atoms with Gasteiger partial charge in [-0.2, -0.15) is 0 Å². The molecule has 144 valence electrons. The number of carbonyl (C=O) groups excluding carboxylic acids is 1. The standard InChI is InChI=1S/C20H28N2O3.ClH/c1-4-5-14-6-9-18(19(10-14)24-3)25-13-20(23)22(2)17-11-15-7-8-16(12-17)21-15;/h4-6,9-10,15-17,21H,7-8,11-13H2,1-3H3;1H/b5-4+;. The van der Waals surface area contributed by atoms with Gasteiger partial charge in [-0.15, -0.1) is 12.4 Å². The molecule has 2 aliphatic rings. The molecule has 6 heteroatoms. The van der Waals surface area contributed by atoms with Crippen LogP contribution in [0.2, 0.25) is 0 Å². The average Bonchev–Trinajstić information content (AvgIpc) is 2.97. The Hall–Kier alpha value is -1.72. The van der Waals surface area contributed by atoms with Gasteiger partial charge in [0.15, 0.2) is 18.1 Å². The van der Waals surface area contributed by atoms with Crippen molar-refractivity contribution in [3.8, 4) is 11.5 Å². The second-order valence-electron chi connectivity index (χ2n) is 6.97. The molecule has 2 saturated heterocycles. The summed E-state index contributed by atoms with van der Waals surface area (Å²) < 4.78 is 11.1. The molecule has 1 aromatic carbocycles. The SMILES string of the molecule is C/C=C/c1ccc(OCC(=O)N(C)C2CC3CCC(C2)N3)c(OC)c1.Cl. The molecule has 1 amide bonds. The highest BCUT2D eigenvalue weighted by molar-refractivity contribution is 5.85. The van der Waals surface area contributed by atoms with Gasteiger partial charge in [0.25, 0.3) is 5.91 Å². The molecule has 0 spiro atoms. The molecule has 0 aromatic heterocycles. The second-order valence-corrected chi connectivity index (χ2v) is 6.97. The lowest BCUT2D eigenvalue weighted by Gasteiger charge is -2.35. The van der Waals surface area contributed by atoms with E-state index in [1.54, 1.807) is 7.11 Å². The maximum absolute atomic E-state index is 12.5. The van der Waals surface area contributed by atoms with Gasteiger partial charge in [-0.3, -0.25) is 4.79 Å². The largest absolute Gasteiger partial charge is 0.493 e. The molecular weight excluding hydrogens is 352 g/mol. The van der Waals surface area contributed by atoms with Crippen LogP contribution in [0.15, 0.2) is 24.3 Å². The predicted octanol–water partition coefficient (Wildman–Crippen LogP) is 3.27. The fourth-order valence-electron chi connectivity index (χ4n) is 3.89. The van der Waals surface area contributed by atoms with Gasteiger partial charge in [-0.1, -0.05) is 18.2 Å². The number of halogens is 1. The first kappa shape index (κ1) is 20.6. The Morgan fingerprint density at radius 3 is 2.58 bits per heavy atom. The van der Waals surface area contributed by atoms with Crippen molar-refractivity contribution in [2.45, 2.75) is 50.7 Å². The van der Waals surface area contributed by atoms with Gasteiger partial charge < -0.3 is 19.7 Å². The Morgan fingerprint density at radius 2 is 1.96 bits per heavy atom. The van der Waals surface area contributed by atoms with Crippen LogP contribution in [0, 0.1) is 0 Å². The van der Waals surface area contributed by atoms with Crippen LogP contribution >= 0.6 is 12.4 Å². The number of benzene rings is 1. The van der Waals surface area contributed by atoms with Crippen LogP contribution in [0.3, 0.4) is 0 Å². The summed E-state index contributed by atoms with van der Waals surface area (Å²) in [5.41, 5.74) is 1.04. The summed E-state index contributed by atoms with van der Waals surface area (Å²) in [6, 6.07) is 7.17. The molecule has 0 radical (unpaired) electrons. The molecule has 2 aliphatic heterocycles. The number of hydrogen-bond donors (Lipinski definition) is 1. The van der Waals surface area contributed by atoms with Crippen molar-refractivity contribution in [1.82, 2.24) is 10.2 Å². The van der Waals surface area contributed by atoms with Gasteiger partial charge >= 0.3 is 0 Å². The maximum Gasteiger partial charge on any atom is 0.260 e. The van der Waals surface area contributed by atoms with E-state index in [9.17, 15) is 4.79 Å². The lowest BCUT2D eigenvalue weighted by molar-refractivity contribution is -0.134. The third kappa shape index (κ3) is 4.71. The van der Waals surface area contributed by atoms with E-state index in [1.165, 1.54) is 12.8 Å². The van der Waals surface area contributed by atoms with E-state index in [1.807, 2.05) is 49.2 Å².